The predicted octanol–water partition coefficient (Wildman–Crippen LogP) is 2.30. The van der Waals surface area contributed by atoms with Crippen LogP contribution in [0.4, 0.5) is 11.5 Å². The number of ether oxygens (including phenoxy) is 1. The van der Waals surface area contributed by atoms with Gasteiger partial charge in [-0.05, 0) is 36.4 Å². The zero-order valence-electron chi connectivity index (χ0n) is 17.9. The van der Waals surface area contributed by atoms with Crippen LogP contribution in [0.3, 0.4) is 0 Å². The SMILES string of the molecule is COc1ccc(-n2nc3c(c2NC(=O)C2CC(=O)N(c4ccccc4)C2)CS(=O)(=O)C3)cc1. The molecule has 0 saturated carbocycles. The smallest absolute Gasteiger partial charge is 0.230 e. The summed E-state index contributed by atoms with van der Waals surface area (Å²) < 4.78 is 31.1. The molecule has 9 nitrogen and oxygen atoms in total. The first kappa shape index (κ1) is 21.2. The molecule has 0 bridgehead atoms. The van der Waals surface area contributed by atoms with Gasteiger partial charge in [0.15, 0.2) is 9.84 Å². The van der Waals surface area contributed by atoms with Crippen LogP contribution in [-0.2, 0) is 30.9 Å². The molecule has 0 radical (unpaired) electrons. The number of carbonyl (C=O) groups is 2. The Bertz CT molecular complexity index is 1330. The highest BCUT2D eigenvalue weighted by Gasteiger charge is 2.38. The number of rotatable bonds is 5. The van der Waals surface area contributed by atoms with Crippen molar-refractivity contribution in [3.8, 4) is 11.4 Å². The molecule has 0 spiro atoms. The van der Waals surface area contributed by atoms with Crippen molar-refractivity contribution in [1.82, 2.24) is 9.78 Å². The Labute approximate surface area is 190 Å². The van der Waals surface area contributed by atoms with E-state index in [1.54, 1.807) is 41.0 Å². The lowest BCUT2D eigenvalue weighted by Crippen LogP contribution is -2.29. The molecule has 1 saturated heterocycles. The number of fused-ring (bicyclic) bond motifs is 1. The third kappa shape index (κ3) is 3.97. The molecule has 2 aliphatic rings. The van der Waals surface area contributed by atoms with Gasteiger partial charge in [0, 0.05) is 24.2 Å². The molecule has 1 atom stereocenters. The Morgan fingerprint density at radius 1 is 1.06 bits per heavy atom. The van der Waals surface area contributed by atoms with Crippen molar-refractivity contribution < 1.29 is 22.7 Å². The van der Waals surface area contributed by atoms with Gasteiger partial charge < -0.3 is 15.0 Å². The molecule has 170 valence electrons. The minimum absolute atomic E-state index is 0.0812. The number of sulfone groups is 1. The summed E-state index contributed by atoms with van der Waals surface area (Å²) in [6.07, 6.45) is 0.0812. The first-order chi connectivity index (χ1) is 15.8. The van der Waals surface area contributed by atoms with Gasteiger partial charge in [-0.1, -0.05) is 18.2 Å². The lowest BCUT2D eigenvalue weighted by Gasteiger charge is -2.17. The molecule has 1 fully saturated rings. The number of amides is 2. The van der Waals surface area contributed by atoms with Crippen molar-refractivity contribution in [2.45, 2.75) is 17.9 Å². The van der Waals surface area contributed by atoms with Crippen molar-refractivity contribution in [2.24, 2.45) is 5.92 Å². The van der Waals surface area contributed by atoms with E-state index in [2.05, 4.69) is 10.4 Å². The second-order valence-corrected chi connectivity index (χ2v) is 10.2. The number of nitrogens with one attached hydrogen (secondary N) is 1. The molecule has 1 unspecified atom stereocenters. The molecule has 2 amide bonds. The highest BCUT2D eigenvalue weighted by molar-refractivity contribution is 7.90. The van der Waals surface area contributed by atoms with Crippen molar-refractivity contribution in [2.75, 3.05) is 23.9 Å². The minimum atomic E-state index is -3.31. The highest BCUT2D eigenvalue weighted by atomic mass is 32.2. The number of methoxy groups -OCH3 is 1. The van der Waals surface area contributed by atoms with Crippen LogP contribution in [0.5, 0.6) is 5.75 Å². The Hall–Kier alpha value is -3.66. The fourth-order valence-corrected chi connectivity index (χ4v) is 5.73. The van der Waals surface area contributed by atoms with Crippen LogP contribution in [0.25, 0.3) is 5.69 Å². The van der Waals surface area contributed by atoms with Gasteiger partial charge in [0.2, 0.25) is 11.8 Å². The summed E-state index contributed by atoms with van der Waals surface area (Å²) in [5, 5.41) is 7.35. The second-order valence-electron chi connectivity index (χ2n) is 8.15. The van der Waals surface area contributed by atoms with Gasteiger partial charge in [0.05, 0.1) is 35.9 Å². The maximum atomic E-state index is 13.2. The number of hydrogen-bond acceptors (Lipinski definition) is 6. The Morgan fingerprint density at radius 3 is 2.48 bits per heavy atom. The molecule has 0 aliphatic carbocycles. The van der Waals surface area contributed by atoms with E-state index in [1.807, 2.05) is 30.3 Å². The number of para-hydroxylation sites is 1. The van der Waals surface area contributed by atoms with Crippen LogP contribution in [-0.4, -0.2) is 43.7 Å². The fourth-order valence-electron chi connectivity index (χ4n) is 4.24. The normalized spacial score (nSPS) is 18.9. The van der Waals surface area contributed by atoms with E-state index in [1.165, 1.54) is 0 Å². The van der Waals surface area contributed by atoms with E-state index in [0.717, 1.165) is 5.69 Å². The standard InChI is InChI=1S/C23H22N4O5S/c1-32-18-9-7-17(8-10-18)27-22(19-13-33(30,31)14-20(19)25-27)24-23(29)15-11-21(28)26(12-15)16-5-3-2-4-6-16/h2-10,15H,11-14H2,1H3,(H,24,29). The molecule has 2 aliphatic heterocycles. The number of anilines is 2. The highest BCUT2D eigenvalue weighted by Crippen LogP contribution is 2.34. The van der Waals surface area contributed by atoms with E-state index < -0.39 is 15.8 Å². The van der Waals surface area contributed by atoms with E-state index in [9.17, 15) is 18.0 Å². The number of aromatic nitrogens is 2. The van der Waals surface area contributed by atoms with Crippen LogP contribution in [0.1, 0.15) is 17.7 Å². The summed E-state index contributed by atoms with van der Waals surface area (Å²) in [4.78, 5) is 27.3. The monoisotopic (exact) mass is 466 g/mol. The largest absolute Gasteiger partial charge is 0.497 e. The Balaban J connectivity index is 1.44. The molecule has 3 aromatic rings. The van der Waals surface area contributed by atoms with Gasteiger partial charge >= 0.3 is 0 Å². The first-order valence-corrected chi connectivity index (χ1v) is 12.3. The molecule has 33 heavy (non-hydrogen) atoms. The second kappa shape index (κ2) is 8.04. The van der Waals surface area contributed by atoms with Gasteiger partial charge in [-0.2, -0.15) is 5.10 Å². The summed E-state index contributed by atoms with van der Waals surface area (Å²) >= 11 is 0. The summed E-state index contributed by atoms with van der Waals surface area (Å²) in [6, 6.07) is 16.3. The van der Waals surface area contributed by atoms with Crippen molar-refractivity contribution in [3.63, 3.8) is 0 Å². The van der Waals surface area contributed by atoms with Gasteiger partial charge in [-0.3, -0.25) is 9.59 Å². The van der Waals surface area contributed by atoms with Crippen molar-refractivity contribution in [3.05, 3.63) is 65.9 Å². The Morgan fingerprint density at radius 2 is 1.79 bits per heavy atom. The molecule has 1 N–H and O–H groups in total. The van der Waals surface area contributed by atoms with Gasteiger partial charge in [-0.25, -0.2) is 13.1 Å². The predicted molar refractivity (Wildman–Crippen MR) is 122 cm³/mol. The van der Waals surface area contributed by atoms with E-state index in [4.69, 9.17) is 4.74 Å². The van der Waals surface area contributed by atoms with Crippen molar-refractivity contribution >= 4 is 33.2 Å². The minimum Gasteiger partial charge on any atom is -0.497 e. The third-order valence-corrected chi connectivity index (χ3v) is 7.35. The molecule has 5 rings (SSSR count). The Kier molecular flexibility index (Phi) is 5.16. The topological polar surface area (TPSA) is 111 Å². The number of carbonyl (C=O) groups excluding carboxylic acids is 2. The molecule has 3 heterocycles. The third-order valence-electron chi connectivity index (χ3n) is 5.91. The average molecular weight is 467 g/mol. The lowest BCUT2D eigenvalue weighted by molar-refractivity contribution is -0.122. The summed E-state index contributed by atoms with van der Waals surface area (Å²) in [5.74, 6) is -0.401. The number of nitrogens with zero attached hydrogens (tertiary/aromatic N) is 3. The van der Waals surface area contributed by atoms with Crippen LogP contribution in [0, 0.1) is 5.92 Å². The quantitative estimate of drug-likeness (QED) is 0.618. The van der Waals surface area contributed by atoms with E-state index >= 15 is 0 Å². The maximum Gasteiger partial charge on any atom is 0.230 e. The molecule has 10 heteroatoms. The summed E-state index contributed by atoms with van der Waals surface area (Å²) in [5.41, 5.74) is 2.32. The van der Waals surface area contributed by atoms with Crippen LogP contribution < -0.4 is 15.0 Å². The lowest BCUT2D eigenvalue weighted by atomic mass is 10.1. The molecular weight excluding hydrogens is 444 g/mol. The molecular formula is C23H22N4O5S. The average Bonchev–Trinajstić information content (AvgIpc) is 3.44. The van der Waals surface area contributed by atoms with Gasteiger partial charge in [-0.15, -0.1) is 0 Å². The summed E-state index contributed by atoms with van der Waals surface area (Å²) in [7, 11) is -1.75. The van der Waals surface area contributed by atoms with Crippen molar-refractivity contribution in [1.29, 1.82) is 0 Å². The zero-order valence-corrected chi connectivity index (χ0v) is 18.7. The first-order valence-electron chi connectivity index (χ1n) is 10.5. The number of hydrogen-bond donors (Lipinski definition) is 1. The maximum absolute atomic E-state index is 13.2. The van der Waals surface area contributed by atoms with Gasteiger partial charge in [0.25, 0.3) is 0 Å². The molecule has 1 aromatic heterocycles. The van der Waals surface area contributed by atoms with Crippen LogP contribution in [0.2, 0.25) is 0 Å². The van der Waals surface area contributed by atoms with Gasteiger partial charge in [0.1, 0.15) is 11.6 Å². The number of benzene rings is 2. The fraction of sp³-hybridized carbons (Fsp3) is 0.261. The van der Waals surface area contributed by atoms with Crippen LogP contribution >= 0.6 is 0 Å². The van der Waals surface area contributed by atoms with E-state index in [0.29, 0.717) is 28.5 Å². The summed E-state index contributed by atoms with van der Waals surface area (Å²) in [6.45, 7) is 0.256. The molecule has 2 aromatic carbocycles. The van der Waals surface area contributed by atoms with Crippen LogP contribution in [0.15, 0.2) is 54.6 Å². The van der Waals surface area contributed by atoms with E-state index in [-0.39, 0.29) is 36.3 Å². The zero-order chi connectivity index (χ0) is 23.2.